The molecule has 0 atom stereocenters. The van der Waals surface area contributed by atoms with Crippen molar-refractivity contribution in [3.05, 3.63) is 23.8 Å². The highest BCUT2D eigenvalue weighted by molar-refractivity contribution is 5.48. The fourth-order valence-corrected chi connectivity index (χ4v) is 2.00. The maximum absolute atomic E-state index is 5.73. The average Bonchev–Trinajstić information content (AvgIpc) is 2.33. The van der Waals surface area contributed by atoms with E-state index in [-0.39, 0.29) is 0 Å². The number of piperazine rings is 1. The molecule has 0 aliphatic carbocycles. The summed E-state index contributed by atoms with van der Waals surface area (Å²) >= 11 is 0. The molecular formula is C12H19N3O. The molecule has 0 amide bonds. The molecule has 4 heteroatoms. The molecule has 1 aromatic carbocycles. The minimum atomic E-state index is 0.751. The number of nitrogen functional groups attached to an aromatic ring is 1. The van der Waals surface area contributed by atoms with Gasteiger partial charge >= 0.3 is 0 Å². The molecule has 1 heterocycles. The Labute approximate surface area is 96.4 Å². The number of methoxy groups -OCH3 is 1. The molecule has 1 fully saturated rings. The molecule has 0 aromatic heterocycles. The first-order valence-corrected chi connectivity index (χ1v) is 5.65. The lowest BCUT2D eigenvalue weighted by molar-refractivity contribution is 0.230. The van der Waals surface area contributed by atoms with Crippen molar-refractivity contribution in [1.29, 1.82) is 0 Å². The van der Waals surface area contributed by atoms with Gasteiger partial charge in [0.2, 0.25) is 0 Å². The quantitative estimate of drug-likeness (QED) is 0.737. The number of nitrogens with zero attached hydrogens (tertiary/aromatic N) is 1. The normalized spacial score (nSPS) is 17.3. The largest absolute Gasteiger partial charge is 0.496 e. The summed E-state index contributed by atoms with van der Waals surface area (Å²) in [6, 6.07) is 5.87. The van der Waals surface area contributed by atoms with Gasteiger partial charge in [0.15, 0.2) is 0 Å². The predicted octanol–water partition coefficient (Wildman–Crippen LogP) is 0.683. The first-order chi connectivity index (χ1) is 7.79. The summed E-state index contributed by atoms with van der Waals surface area (Å²) in [5.74, 6) is 0.888. The van der Waals surface area contributed by atoms with Crippen molar-refractivity contribution < 1.29 is 4.74 Å². The average molecular weight is 221 g/mol. The number of nitrogens with two attached hydrogens (primary N) is 1. The third-order valence-corrected chi connectivity index (χ3v) is 2.91. The van der Waals surface area contributed by atoms with Gasteiger partial charge in [-0.15, -0.1) is 0 Å². The number of anilines is 1. The molecule has 1 saturated heterocycles. The summed E-state index contributed by atoms with van der Waals surface area (Å²) in [5, 5.41) is 3.35. The number of benzene rings is 1. The Morgan fingerprint density at radius 3 is 2.81 bits per heavy atom. The van der Waals surface area contributed by atoms with Crippen LogP contribution in [0, 0.1) is 0 Å². The Morgan fingerprint density at radius 1 is 1.38 bits per heavy atom. The van der Waals surface area contributed by atoms with Crippen molar-refractivity contribution in [3.63, 3.8) is 0 Å². The van der Waals surface area contributed by atoms with E-state index in [0.29, 0.717) is 0 Å². The van der Waals surface area contributed by atoms with Crippen LogP contribution in [0.1, 0.15) is 5.56 Å². The summed E-state index contributed by atoms with van der Waals surface area (Å²) < 4.78 is 5.35. The summed E-state index contributed by atoms with van der Waals surface area (Å²) in [7, 11) is 1.69. The zero-order valence-corrected chi connectivity index (χ0v) is 9.70. The lowest BCUT2D eigenvalue weighted by atomic mass is 10.1. The fourth-order valence-electron chi connectivity index (χ4n) is 2.00. The Bertz CT molecular complexity index is 348. The van der Waals surface area contributed by atoms with Crippen molar-refractivity contribution in [2.24, 2.45) is 0 Å². The predicted molar refractivity (Wildman–Crippen MR) is 65.6 cm³/mol. The lowest BCUT2D eigenvalue weighted by Crippen LogP contribution is -2.42. The molecule has 0 spiro atoms. The highest BCUT2D eigenvalue weighted by atomic mass is 16.5. The van der Waals surface area contributed by atoms with Gasteiger partial charge in [0.05, 0.1) is 7.11 Å². The maximum Gasteiger partial charge on any atom is 0.125 e. The van der Waals surface area contributed by atoms with Crippen molar-refractivity contribution in [2.75, 3.05) is 39.0 Å². The van der Waals surface area contributed by atoms with Crippen molar-refractivity contribution >= 4 is 5.69 Å². The molecule has 88 valence electrons. The van der Waals surface area contributed by atoms with Gasteiger partial charge in [-0.2, -0.15) is 0 Å². The lowest BCUT2D eigenvalue weighted by Gasteiger charge is -2.27. The molecule has 0 bridgehead atoms. The van der Waals surface area contributed by atoms with E-state index in [1.165, 1.54) is 5.56 Å². The second-order valence-corrected chi connectivity index (χ2v) is 4.10. The standard InChI is InChI=1S/C12H19N3O/c1-16-12-8-11(13)3-2-10(12)9-15-6-4-14-5-7-15/h2-3,8,14H,4-7,9,13H2,1H3. The number of ether oxygens (including phenoxy) is 1. The molecule has 4 nitrogen and oxygen atoms in total. The highest BCUT2D eigenvalue weighted by Crippen LogP contribution is 2.22. The minimum Gasteiger partial charge on any atom is -0.496 e. The Morgan fingerprint density at radius 2 is 2.12 bits per heavy atom. The van der Waals surface area contributed by atoms with Crippen LogP contribution in [0.2, 0.25) is 0 Å². The van der Waals surface area contributed by atoms with Gasteiger partial charge in [0.1, 0.15) is 5.75 Å². The summed E-state index contributed by atoms with van der Waals surface area (Å²) in [5.41, 5.74) is 7.69. The molecule has 16 heavy (non-hydrogen) atoms. The van der Waals surface area contributed by atoms with E-state index in [1.54, 1.807) is 7.11 Å². The second kappa shape index (κ2) is 5.18. The summed E-state index contributed by atoms with van der Waals surface area (Å²) in [6.45, 7) is 5.25. The fraction of sp³-hybridized carbons (Fsp3) is 0.500. The van der Waals surface area contributed by atoms with Crippen LogP contribution in [0.4, 0.5) is 5.69 Å². The number of rotatable bonds is 3. The van der Waals surface area contributed by atoms with Crippen LogP contribution >= 0.6 is 0 Å². The molecule has 0 radical (unpaired) electrons. The third-order valence-electron chi connectivity index (χ3n) is 2.91. The third kappa shape index (κ3) is 2.65. The zero-order chi connectivity index (χ0) is 11.4. The molecule has 2 rings (SSSR count). The summed E-state index contributed by atoms with van der Waals surface area (Å²) in [6.07, 6.45) is 0. The topological polar surface area (TPSA) is 50.5 Å². The van der Waals surface area contributed by atoms with Crippen LogP contribution < -0.4 is 15.8 Å². The van der Waals surface area contributed by atoms with Gasteiger partial charge in [-0.3, -0.25) is 4.90 Å². The number of nitrogens with one attached hydrogen (secondary N) is 1. The molecule has 1 aromatic rings. The SMILES string of the molecule is COc1cc(N)ccc1CN1CCNCC1. The first-order valence-electron chi connectivity index (χ1n) is 5.65. The molecular weight excluding hydrogens is 202 g/mol. The van der Waals surface area contributed by atoms with E-state index >= 15 is 0 Å². The molecule has 3 N–H and O–H groups in total. The zero-order valence-electron chi connectivity index (χ0n) is 9.70. The van der Waals surface area contributed by atoms with Gasteiger partial charge in [0.25, 0.3) is 0 Å². The van der Waals surface area contributed by atoms with Gasteiger partial charge in [-0.1, -0.05) is 6.07 Å². The van der Waals surface area contributed by atoms with Crippen LogP contribution in [0.15, 0.2) is 18.2 Å². The van der Waals surface area contributed by atoms with Crippen molar-refractivity contribution in [3.8, 4) is 5.75 Å². The second-order valence-electron chi connectivity index (χ2n) is 4.10. The van der Waals surface area contributed by atoms with Gasteiger partial charge in [-0.05, 0) is 6.07 Å². The Balaban J connectivity index is 2.07. The van der Waals surface area contributed by atoms with Crippen LogP contribution in [0.25, 0.3) is 0 Å². The first kappa shape index (κ1) is 11.2. The monoisotopic (exact) mass is 221 g/mol. The highest BCUT2D eigenvalue weighted by Gasteiger charge is 2.12. The number of hydrogen-bond donors (Lipinski definition) is 2. The summed E-state index contributed by atoms with van der Waals surface area (Å²) in [4.78, 5) is 2.42. The maximum atomic E-state index is 5.73. The van der Waals surface area contributed by atoms with Crippen LogP contribution in [0.3, 0.4) is 0 Å². The van der Waals surface area contributed by atoms with Gasteiger partial charge in [-0.25, -0.2) is 0 Å². The van der Waals surface area contributed by atoms with E-state index in [9.17, 15) is 0 Å². The smallest absolute Gasteiger partial charge is 0.125 e. The van der Waals surface area contributed by atoms with Crippen molar-refractivity contribution in [1.82, 2.24) is 10.2 Å². The van der Waals surface area contributed by atoms with Gasteiger partial charge < -0.3 is 15.8 Å². The van der Waals surface area contributed by atoms with E-state index in [1.807, 2.05) is 12.1 Å². The minimum absolute atomic E-state index is 0.751. The molecule has 1 aliphatic rings. The number of hydrogen-bond acceptors (Lipinski definition) is 4. The van der Waals surface area contributed by atoms with Gasteiger partial charge in [0, 0.05) is 50.0 Å². The van der Waals surface area contributed by atoms with Crippen LogP contribution in [0.5, 0.6) is 5.75 Å². The van der Waals surface area contributed by atoms with E-state index in [2.05, 4.69) is 16.3 Å². The Kier molecular flexibility index (Phi) is 3.64. The molecule has 0 saturated carbocycles. The van der Waals surface area contributed by atoms with Crippen LogP contribution in [-0.2, 0) is 6.54 Å². The molecule has 1 aliphatic heterocycles. The van der Waals surface area contributed by atoms with Crippen LogP contribution in [-0.4, -0.2) is 38.2 Å². The van der Waals surface area contributed by atoms with E-state index in [0.717, 1.165) is 44.2 Å². The van der Waals surface area contributed by atoms with E-state index < -0.39 is 0 Å². The Hall–Kier alpha value is -1.26. The van der Waals surface area contributed by atoms with Crippen molar-refractivity contribution in [2.45, 2.75) is 6.54 Å². The molecule has 0 unspecified atom stereocenters. The van der Waals surface area contributed by atoms with E-state index in [4.69, 9.17) is 10.5 Å².